The van der Waals surface area contributed by atoms with Gasteiger partial charge in [0, 0.05) is 0 Å². The minimum Gasteiger partial charge on any atom is -0.462 e. The monoisotopic (exact) mass is 160 g/mol. The average Bonchev–Trinajstić information content (AvgIpc) is 2.40. The van der Waals surface area contributed by atoms with E-state index in [1.54, 1.807) is 9.59 Å². The summed E-state index contributed by atoms with van der Waals surface area (Å²) in [4.78, 5) is 14.4. The van der Waals surface area contributed by atoms with Crippen molar-refractivity contribution in [2.45, 2.75) is 13.3 Å². The molecule has 1 aliphatic rings. The average molecular weight is 160 g/mol. The van der Waals surface area contributed by atoms with Gasteiger partial charge in [-0.2, -0.15) is 20.0 Å². The Morgan fingerprint density at radius 2 is 1.82 bits per heavy atom. The van der Waals surface area contributed by atoms with E-state index in [1.807, 2.05) is 0 Å². The van der Waals surface area contributed by atoms with E-state index in [9.17, 15) is 4.79 Å². The Labute approximate surface area is 60.6 Å². The molecule has 0 aliphatic carbocycles. The number of nitrogens with zero attached hydrogens (tertiary/aromatic N) is 3. The molecule has 8 nitrogen and oxygen atoms in total. The molecule has 11 heavy (non-hydrogen) atoms. The van der Waals surface area contributed by atoms with Crippen molar-refractivity contribution < 1.29 is 9.90 Å². The molecule has 1 aromatic heterocycles. The number of hydrogen-bond donors (Lipinski definition) is 4. The van der Waals surface area contributed by atoms with Crippen LogP contribution >= 0.6 is 0 Å². The molecule has 8 heteroatoms. The van der Waals surface area contributed by atoms with Crippen molar-refractivity contribution in [1.29, 1.82) is 0 Å². The van der Waals surface area contributed by atoms with Crippen LogP contribution in [0.15, 0.2) is 0 Å². The molecular weight excluding hydrogens is 152 g/mol. The van der Waals surface area contributed by atoms with Crippen molar-refractivity contribution >= 4 is 6.09 Å². The summed E-state index contributed by atoms with van der Waals surface area (Å²) in [6.45, 7) is 1.16. The molecule has 0 bridgehead atoms. The van der Waals surface area contributed by atoms with Crippen molar-refractivity contribution in [2.75, 3.05) is 0 Å². The summed E-state index contributed by atoms with van der Waals surface area (Å²) in [6, 6.07) is 0. The number of aromatic nitrogens is 5. The smallest absolute Gasteiger partial charge is 0.448 e. The number of hydrogen-bond acceptors (Lipinski definition) is 2. The molecule has 0 unspecified atom stereocenters. The van der Waals surface area contributed by atoms with Gasteiger partial charge in [-0.15, -0.1) is 0 Å². The van der Waals surface area contributed by atoms with Gasteiger partial charge in [0.25, 0.3) is 0 Å². The van der Waals surface area contributed by atoms with Crippen LogP contribution in [0.2, 0.25) is 0 Å². The van der Waals surface area contributed by atoms with Crippen LogP contribution in [-0.2, 0) is 13.3 Å². The molecule has 0 aromatic carbocycles. The van der Waals surface area contributed by atoms with E-state index in [2.05, 4.69) is 15.7 Å². The molecule has 1 aliphatic heterocycles. The molecule has 2 heterocycles. The highest BCUT2D eigenvalue weighted by Gasteiger charge is 2.09. The summed E-state index contributed by atoms with van der Waals surface area (Å²) < 4.78 is 0. The van der Waals surface area contributed by atoms with Crippen molar-refractivity contribution in [3.05, 3.63) is 0 Å². The molecule has 0 amide bonds. The zero-order chi connectivity index (χ0) is 7.84. The van der Waals surface area contributed by atoms with Gasteiger partial charge in [-0.05, 0) is 0 Å². The van der Waals surface area contributed by atoms with Crippen LogP contribution < -0.4 is 5.32 Å². The first-order valence-electron chi connectivity index (χ1n) is 3.09. The van der Waals surface area contributed by atoms with Crippen molar-refractivity contribution in [1.82, 2.24) is 30.1 Å². The third kappa shape index (κ3) is 0.835. The van der Waals surface area contributed by atoms with Gasteiger partial charge in [-0.25, -0.2) is 4.79 Å². The molecule has 0 fully saturated rings. The lowest BCUT2D eigenvalue weighted by Gasteiger charge is -1.92. The molecular formula is C3H8N6O2. The molecule has 0 saturated carbocycles. The van der Waals surface area contributed by atoms with Crippen LogP contribution in [0.1, 0.15) is 0 Å². The summed E-state index contributed by atoms with van der Waals surface area (Å²) in [5.41, 5.74) is 0. The third-order valence-electron chi connectivity index (χ3n) is 1.44. The quantitative estimate of drug-likeness (QED) is 0.388. The van der Waals surface area contributed by atoms with E-state index in [1.165, 1.54) is 0 Å². The van der Waals surface area contributed by atoms with E-state index in [-0.39, 0.29) is 0 Å². The summed E-state index contributed by atoms with van der Waals surface area (Å²) in [5.74, 6) is 0. The van der Waals surface area contributed by atoms with Crippen LogP contribution in [0, 0.1) is 0 Å². The number of nitrogens with one attached hydrogen (secondary N) is 3. The Morgan fingerprint density at radius 1 is 1.27 bits per heavy atom. The minimum atomic E-state index is -1.07. The van der Waals surface area contributed by atoms with Gasteiger partial charge in [0.1, 0.15) is 13.3 Å². The minimum absolute atomic E-state index is 0.580. The zero-order valence-corrected chi connectivity index (χ0v) is 5.61. The van der Waals surface area contributed by atoms with E-state index in [0.717, 1.165) is 4.80 Å². The van der Waals surface area contributed by atoms with Crippen LogP contribution in [0.25, 0.3) is 0 Å². The van der Waals surface area contributed by atoms with Crippen molar-refractivity contribution in [3.8, 4) is 0 Å². The number of fused-ring (bicyclic) bond motifs is 1. The number of H-pyrrole nitrogens is 2. The SMILES string of the molecule is O=C(O)n1[nH]n2n([nH]1)CNC2. The van der Waals surface area contributed by atoms with E-state index < -0.39 is 6.09 Å². The maximum Gasteiger partial charge on any atom is 0.448 e. The number of carboxylic acid groups (broad SMARTS) is 1. The normalized spacial score (nSPS) is 14.9. The van der Waals surface area contributed by atoms with E-state index >= 15 is 0 Å². The van der Waals surface area contributed by atoms with Gasteiger partial charge in [0.15, 0.2) is 0 Å². The first kappa shape index (κ1) is 6.16. The lowest BCUT2D eigenvalue weighted by atomic mass is 11.0. The topological polar surface area (TPSA) is 95.7 Å². The first-order chi connectivity index (χ1) is 5.27. The highest BCUT2D eigenvalue weighted by atomic mass is 16.4. The number of rotatable bonds is 0. The Kier molecular flexibility index (Phi) is 1.09. The number of aromatic amines is 2. The molecule has 0 spiro atoms. The summed E-state index contributed by atoms with van der Waals surface area (Å²) >= 11 is 0. The van der Waals surface area contributed by atoms with Crippen LogP contribution in [0.4, 0.5) is 4.79 Å². The Balaban J connectivity index is 2.42. The lowest BCUT2D eigenvalue weighted by molar-refractivity contribution is 0.185. The van der Waals surface area contributed by atoms with E-state index in [0.29, 0.717) is 13.3 Å². The lowest BCUT2D eigenvalue weighted by Crippen LogP contribution is -2.17. The molecule has 0 saturated heterocycles. The maximum atomic E-state index is 10.4. The van der Waals surface area contributed by atoms with Crippen LogP contribution in [0.3, 0.4) is 0 Å². The Hall–Kier alpha value is -1.57. The van der Waals surface area contributed by atoms with Gasteiger partial charge in [-0.3, -0.25) is 5.32 Å². The number of carbonyl (C=O) groups is 1. The van der Waals surface area contributed by atoms with Gasteiger partial charge < -0.3 is 5.11 Å². The molecule has 4 N–H and O–H groups in total. The summed E-state index contributed by atoms with van der Waals surface area (Å²) in [6.07, 6.45) is -1.07. The highest BCUT2D eigenvalue weighted by molar-refractivity contribution is 5.64. The van der Waals surface area contributed by atoms with Crippen molar-refractivity contribution in [3.63, 3.8) is 0 Å². The van der Waals surface area contributed by atoms with E-state index in [4.69, 9.17) is 5.11 Å². The second-order valence-electron chi connectivity index (χ2n) is 2.18. The standard InChI is InChI=1S/C3H8N6O2/c10-3(11)9-5-7-1-4-2-8(7)6-9/h4-6H,1-2H2,(H,10,11). The second-order valence-corrected chi connectivity index (χ2v) is 2.18. The molecule has 1 aromatic rings. The van der Waals surface area contributed by atoms with Gasteiger partial charge in [0.2, 0.25) is 0 Å². The summed E-state index contributed by atoms with van der Waals surface area (Å²) in [5, 5.41) is 16.6. The molecule has 62 valence electrons. The highest BCUT2D eigenvalue weighted by Crippen LogP contribution is 1.88. The first-order valence-corrected chi connectivity index (χ1v) is 3.09. The second kappa shape index (κ2) is 1.95. The summed E-state index contributed by atoms with van der Waals surface area (Å²) in [7, 11) is 0. The molecule has 0 radical (unpaired) electrons. The van der Waals surface area contributed by atoms with Gasteiger partial charge in [-0.1, -0.05) is 4.80 Å². The largest absolute Gasteiger partial charge is 0.462 e. The fourth-order valence-electron chi connectivity index (χ4n) is 0.950. The van der Waals surface area contributed by atoms with Gasteiger partial charge in [0.05, 0.1) is 0 Å². The fraction of sp³-hybridized carbons (Fsp3) is 0.667. The van der Waals surface area contributed by atoms with Crippen LogP contribution in [0.5, 0.6) is 0 Å². The predicted octanol–water partition coefficient (Wildman–Crippen LogP) is -1.08. The fourth-order valence-corrected chi connectivity index (χ4v) is 0.950. The maximum absolute atomic E-state index is 10.4. The Morgan fingerprint density at radius 3 is 2.27 bits per heavy atom. The molecule has 0 atom stereocenters. The van der Waals surface area contributed by atoms with Gasteiger partial charge >= 0.3 is 6.09 Å². The third-order valence-corrected chi connectivity index (χ3v) is 1.44. The Bertz CT molecular complexity index is 283. The zero-order valence-electron chi connectivity index (χ0n) is 5.61. The molecule has 2 rings (SSSR count). The predicted molar refractivity (Wildman–Crippen MR) is 33.3 cm³/mol. The van der Waals surface area contributed by atoms with Crippen LogP contribution in [-0.4, -0.2) is 36.0 Å². The van der Waals surface area contributed by atoms with Crippen molar-refractivity contribution in [2.24, 2.45) is 0 Å².